The van der Waals surface area contributed by atoms with Gasteiger partial charge in [0.25, 0.3) is 5.91 Å². The molecule has 2 aromatic rings. The van der Waals surface area contributed by atoms with E-state index in [1.807, 2.05) is 30.2 Å². The Labute approximate surface area is 141 Å². The number of nitrogens with zero attached hydrogens (tertiary/aromatic N) is 4. The standard InChI is InChI=1S/C18H22N4O2/c1-2-22-11-14(8-20-22)18(23)21-10-13-5-6-17(16(13)12-21)24-15-4-3-7-19-9-15/h3-4,7-9,11,13,16-17H,2,5-6,10,12H2,1H3/t13-,16+,17-/m1/s1. The Bertz CT molecular complexity index is 715. The lowest BCUT2D eigenvalue weighted by atomic mass is 9.99. The first-order valence-electron chi connectivity index (χ1n) is 8.63. The number of aromatic nitrogens is 3. The third kappa shape index (κ3) is 2.77. The molecule has 1 saturated heterocycles. The number of carbonyl (C=O) groups excluding carboxylic acids is 1. The molecule has 0 bridgehead atoms. The van der Waals surface area contributed by atoms with Crippen LogP contribution in [-0.2, 0) is 6.54 Å². The quantitative estimate of drug-likeness (QED) is 0.864. The Kier molecular flexibility index (Phi) is 3.96. The second-order valence-corrected chi connectivity index (χ2v) is 6.64. The summed E-state index contributed by atoms with van der Waals surface area (Å²) in [5.74, 6) is 1.86. The summed E-state index contributed by atoms with van der Waals surface area (Å²) in [5.41, 5.74) is 0.682. The number of rotatable bonds is 4. The van der Waals surface area contributed by atoms with Crippen LogP contribution in [0.25, 0.3) is 0 Å². The molecule has 2 aromatic heterocycles. The molecule has 0 unspecified atom stereocenters. The number of carbonyl (C=O) groups is 1. The minimum atomic E-state index is 0.0872. The van der Waals surface area contributed by atoms with Gasteiger partial charge in [-0.3, -0.25) is 14.5 Å². The van der Waals surface area contributed by atoms with E-state index < -0.39 is 0 Å². The van der Waals surface area contributed by atoms with E-state index in [9.17, 15) is 4.79 Å². The van der Waals surface area contributed by atoms with Crippen molar-refractivity contribution in [2.45, 2.75) is 32.4 Å². The van der Waals surface area contributed by atoms with Gasteiger partial charge >= 0.3 is 0 Å². The van der Waals surface area contributed by atoms with Crippen LogP contribution >= 0.6 is 0 Å². The topological polar surface area (TPSA) is 60.2 Å². The molecule has 4 rings (SSSR count). The first kappa shape index (κ1) is 15.2. The van der Waals surface area contributed by atoms with Crippen molar-refractivity contribution in [3.8, 4) is 5.75 Å². The van der Waals surface area contributed by atoms with Crippen molar-refractivity contribution in [2.75, 3.05) is 13.1 Å². The van der Waals surface area contributed by atoms with Crippen molar-refractivity contribution in [1.82, 2.24) is 19.7 Å². The highest BCUT2D eigenvalue weighted by molar-refractivity contribution is 5.94. The van der Waals surface area contributed by atoms with E-state index in [4.69, 9.17) is 4.74 Å². The number of hydrogen-bond acceptors (Lipinski definition) is 4. The molecule has 1 aliphatic carbocycles. The van der Waals surface area contributed by atoms with E-state index in [1.165, 1.54) is 0 Å². The second kappa shape index (κ2) is 6.26. The van der Waals surface area contributed by atoms with Crippen LogP contribution in [0.2, 0.25) is 0 Å². The van der Waals surface area contributed by atoms with Gasteiger partial charge in [-0.05, 0) is 37.8 Å². The average molecular weight is 326 g/mol. The van der Waals surface area contributed by atoms with Gasteiger partial charge in [0.05, 0.1) is 18.0 Å². The van der Waals surface area contributed by atoms with E-state index in [-0.39, 0.29) is 12.0 Å². The number of pyridine rings is 1. The van der Waals surface area contributed by atoms with E-state index >= 15 is 0 Å². The Morgan fingerprint density at radius 3 is 3.00 bits per heavy atom. The van der Waals surface area contributed by atoms with E-state index in [1.54, 1.807) is 23.3 Å². The van der Waals surface area contributed by atoms with Crippen LogP contribution in [-0.4, -0.2) is 44.8 Å². The van der Waals surface area contributed by atoms with Crippen molar-refractivity contribution >= 4 is 5.91 Å². The summed E-state index contributed by atoms with van der Waals surface area (Å²) < 4.78 is 7.92. The summed E-state index contributed by atoms with van der Waals surface area (Å²) in [6, 6.07) is 3.83. The summed E-state index contributed by atoms with van der Waals surface area (Å²) in [5, 5.41) is 4.21. The number of likely N-dealkylation sites (tertiary alicyclic amines) is 1. The summed E-state index contributed by atoms with van der Waals surface area (Å²) in [6.45, 7) is 4.39. The molecule has 2 fully saturated rings. The zero-order valence-electron chi connectivity index (χ0n) is 13.8. The second-order valence-electron chi connectivity index (χ2n) is 6.64. The van der Waals surface area contributed by atoms with Gasteiger partial charge in [0.2, 0.25) is 0 Å². The molecule has 1 saturated carbocycles. The van der Waals surface area contributed by atoms with Crippen molar-refractivity contribution in [1.29, 1.82) is 0 Å². The number of amides is 1. The van der Waals surface area contributed by atoms with Gasteiger partial charge < -0.3 is 9.64 Å². The third-order valence-electron chi connectivity index (χ3n) is 5.20. The van der Waals surface area contributed by atoms with Gasteiger partial charge in [-0.2, -0.15) is 5.10 Å². The largest absolute Gasteiger partial charge is 0.488 e. The summed E-state index contributed by atoms with van der Waals surface area (Å²) in [7, 11) is 0. The molecule has 0 radical (unpaired) electrons. The maximum absolute atomic E-state index is 12.7. The molecule has 3 atom stereocenters. The molecule has 1 amide bonds. The van der Waals surface area contributed by atoms with Crippen LogP contribution in [0.1, 0.15) is 30.1 Å². The smallest absolute Gasteiger partial charge is 0.257 e. The normalized spacial score (nSPS) is 25.7. The van der Waals surface area contributed by atoms with Crippen LogP contribution in [0.4, 0.5) is 0 Å². The fraction of sp³-hybridized carbons (Fsp3) is 0.500. The van der Waals surface area contributed by atoms with Crippen molar-refractivity contribution < 1.29 is 9.53 Å². The molecule has 1 aliphatic heterocycles. The van der Waals surface area contributed by atoms with E-state index in [2.05, 4.69) is 10.1 Å². The van der Waals surface area contributed by atoms with Crippen LogP contribution in [0.5, 0.6) is 5.75 Å². The molecule has 126 valence electrons. The van der Waals surface area contributed by atoms with Gasteiger partial charge in [0.1, 0.15) is 11.9 Å². The van der Waals surface area contributed by atoms with Gasteiger partial charge in [-0.25, -0.2) is 0 Å². The maximum atomic E-state index is 12.7. The zero-order chi connectivity index (χ0) is 16.5. The van der Waals surface area contributed by atoms with Crippen LogP contribution in [0.15, 0.2) is 36.9 Å². The fourth-order valence-electron chi connectivity index (χ4n) is 3.95. The van der Waals surface area contributed by atoms with Gasteiger partial charge in [-0.1, -0.05) is 0 Å². The molecule has 2 aliphatic rings. The summed E-state index contributed by atoms with van der Waals surface area (Å²) in [4.78, 5) is 18.8. The number of fused-ring (bicyclic) bond motifs is 1. The SMILES string of the molecule is CCn1cc(C(=O)N2C[C@H]3CC[C@@H](Oc4cccnc4)[C@H]3C2)cn1. The van der Waals surface area contributed by atoms with Crippen LogP contribution in [0, 0.1) is 11.8 Å². The number of ether oxygens (including phenoxy) is 1. The Morgan fingerprint density at radius 1 is 1.33 bits per heavy atom. The molecule has 24 heavy (non-hydrogen) atoms. The lowest BCUT2D eigenvalue weighted by Gasteiger charge is -2.21. The number of aryl methyl sites for hydroxylation is 1. The highest BCUT2D eigenvalue weighted by atomic mass is 16.5. The highest BCUT2D eigenvalue weighted by Crippen LogP contribution is 2.40. The lowest BCUT2D eigenvalue weighted by Crippen LogP contribution is -2.32. The lowest BCUT2D eigenvalue weighted by molar-refractivity contribution is 0.0762. The monoisotopic (exact) mass is 326 g/mol. The fourth-order valence-corrected chi connectivity index (χ4v) is 3.95. The zero-order valence-corrected chi connectivity index (χ0v) is 13.8. The molecule has 6 nitrogen and oxygen atoms in total. The first-order valence-corrected chi connectivity index (χ1v) is 8.63. The Balaban J connectivity index is 1.43. The first-order chi connectivity index (χ1) is 11.7. The maximum Gasteiger partial charge on any atom is 0.257 e. The molecular formula is C18H22N4O2. The van der Waals surface area contributed by atoms with Crippen molar-refractivity contribution in [3.63, 3.8) is 0 Å². The van der Waals surface area contributed by atoms with Gasteiger partial charge in [0, 0.05) is 37.9 Å². The Morgan fingerprint density at radius 2 is 2.25 bits per heavy atom. The predicted octanol–water partition coefficient (Wildman–Crippen LogP) is 2.23. The van der Waals surface area contributed by atoms with Crippen LogP contribution in [0.3, 0.4) is 0 Å². The minimum Gasteiger partial charge on any atom is -0.488 e. The van der Waals surface area contributed by atoms with Crippen molar-refractivity contribution in [2.24, 2.45) is 11.8 Å². The highest BCUT2D eigenvalue weighted by Gasteiger charge is 2.45. The minimum absolute atomic E-state index is 0.0872. The summed E-state index contributed by atoms with van der Waals surface area (Å²) in [6.07, 6.45) is 9.36. The van der Waals surface area contributed by atoms with Crippen LogP contribution < -0.4 is 4.74 Å². The third-order valence-corrected chi connectivity index (χ3v) is 5.20. The molecule has 6 heteroatoms. The van der Waals surface area contributed by atoms with Gasteiger partial charge in [0.15, 0.2) is 0 Å². The molecular weight excluding hydrogens is 304 g/mol. The molecule has 0 N–H and O–H groups in total. The van der Waals surface area contributed by atoms with Gasteiger partial charge in [-0.15, -0.1) is 0 Å². The van der Waals surface area contributed by atoms with E-state index in [0.29, 0.717) is 17.4 Å². The Hall–Kier alpha value is -2.37. The van der Waals surface area contributed by atoms with Crippen molar-refractivity contribution in [3.05, 3.63) is 42.5 Å². The molecule has 3 heterocycles. The molecule has 0 aromatic carbocycles. The molecule has 0 spiro atoms. The average Bonchev–Trinajstić information content (AvgIpc) is 3.32. The predicted molar refractivity (Wildman–Crippen MR) is 88.7 cm³/mol. The number of hydrogen-bond donors (Lipinski definition) is 0. The van der Waals surface area contributed by atoms with E-state index in [0.717, 1.165) is 38.2 Å². The summed E-state index contributed by atoms with van der Waals surface area (Å²) >= 11 is 0.